The summed E-state index contributed by atoms with van der Waals surface area (Å²) in [5, 5.41) is 3.40. The molecule has 1 atom stereocenters. The van der Waals surface area contributed by atoms with Crippen LogP contribution in [0, 0.1) is 5.92 Å². The largest absolute Gasteiger partial charge is 0.378 e. The van der Waals surface area contributed by atoms with E-state index in [4.69, 9.17) is 14.7 Å². The predicted octanol–water partition coefficient (Wildman–Crippen LogP) is 3.98. The molecule has 0 saturated carbocycles. The molecule has 21 heavy (non-hydrogen) atoms. The molecule has 0 aliphatic carbocycles. The Kier molecular flexibility index (Phi) is 6.42. The number of hydrogen-bond acceptors (Lipinski definition) is 4. The molecule has 0 amide bonds. The van der Waals surface area contributed by atoms with E-state index in [0.717, 1.165) is 67.1 Å². The Labute approximate surface area is 136 Å². The van der Waals surface area contributed by atoms with E-state index < -0.39 is 0 Å². The summed E-state index contributed by atoms with van der Waals surface area (Å²) in [5.74, 6) is 2.40. The highest BCUT2D eigenvalue weighted by Gasteiger charge is 2.20. The van der Waals surface area contributed by atoms with Crippen LogP contribution < -0.4 is 5.32 Å². The van der Waals surface area contributed by atoms with Gasteiger partial charge < -0.3 is 10.1 Å². The van der Waals surface area contributed by atoms with Crippen LogP contribution >= 0.6 is 15.9 Å². The highest BCUT2D eigenvalue weighted by molar-refractivity contribution is 9.10. The van der Waals surface area contributed by atoms with Gasteiger partial charge in [0.05, 0.1) is 16.3 Å². The molecule has 2 rings (SSSR count). The highest BCUT2D eigenvalue weighted by Crippen LogP contribution is 2.27. The Morgan fingerprint density at radius 1 is 1.38 bits per heavy atom. The number of halogens is 1. The zero-order valence-electron chi connectivity index (χ0n) is 13.3. The van der Waals surface area contributed by atoms with E-state index in [1.165, 1.54) is 0 Å². The molecule has 2 heterocycles. The van der Waals surface area contributed by atoms with Crippen molar-refractivity contribution >= 4 is 21.7 Å². The fourth-order valence-electron chi connectivity index (χ4n) is 2.53. The van der Waals surface area contributed by atoms with Gasteiger partial charge in [0.15, 0.2) is 0 Å². The van der Waals surface area contributed by atoms with Gasteiger partial charge in [0.2, 0.25) is 0 Å². The fraction of sp³-hybridized carbons (Fsp3) is 0.750. The maximum Gasteiger partial charge on any atom is 0.144 e. The molecule has 0 bridgehead atoms. The van der Waals surface area contributed by atoms with Gasteiger partial charge >= 0.3 is 0 Å². The molecular formula is C16H26BrN3O. The van der Waals surface area contributed by atoms with Gasteiger partial charge in [-0.3, -0.25) is 0 Å². The van der Waals surface area contributed by atoms with Crippen molar-refractivity contribution in [3.8, 4) is 0 Å². The summed E-state index contributed by atoms with van der Waals surface area (Å²) >= 11 is 3.67. The molecule has 1 saturated heterocycles. The van der Waals surface area contributed by atoms with Crippen molar-refractivity contribution in [1.29, 1.82) is 0 Å². The third-order valence-corrected chi connectivity index (χ3v) is 4.38. The van der Waals surface area contributed by atoms with E-state index in [2.05, 4.69) is 42.0 Å². The van der Waals surface area contributed by atoms with Crippen LogP contribution in [-0.2, 0) is 17.6 Å². The Balaban J connectivity index is 2.21. The molecule has 1 aromatic heterocycles. The Morgan fingerprint density at radius 2 is 2.19 bits per heavy atom. The van der Waals surface area contributed by atoms with Crippen LogP contribution in [0.15, 0.2) is 4.47 Å². The SMILES string of the molecule is CCCNc1nc(CC2CCCO2)nc(CC(C)C)c1Br. The van der Waals surface area contributed by atoms with Crippen LogP contribution in [0.1, 0.15) is 51.6 Å². The van der Waals surface area contributed by atoms with Gasteiger partial charge in [-0.05, 0) is 47.5 Å². The second-order valence-electron chi connectivity index (χ2n) is 6.11. The van der Waals surface area contributed by atoms with E-state index in [1.54, 1.807) is 0 Å². The van der Waals surface area contributed by atoms with Crippen molar-refractivity contribution < 1.29 is 4.74 Å². The van der Waals surface area contributed by atoms with Crippen molar-refractivity contribution in [2.75, 3.05) is 18.5 Å². The van der Waals surface area contributed by atoms with Crippen molar-refractivity contribution in [3.05, 3.63) is 16.0 Å². The molecule has 1 N–H and O–H groups in total. The Hall–Kier alpha value is -0.680. The summed E-state index contributed by atoms with van der Waals surface area (Å²) in [7, 11) is 0. The molecule has 1 fully saturated rings. The summed E-state index contributed by atoms with van der Waals surface area (Å²) in [4.78, 5) is 9.46. The number of nitrogens with one attached hydrogen (secondary N) is 1. The third-order valence-electron chi connectivity index (χ3n) is 3.54. The predicted molar refractivity (Wildman–Crippen MR) is 89.7 cm³/mol. The molecule has 1 unspecified atom stereocenters. The van der Waals surface area contributed by atoms with Crippen LogP contribution in [0.3, 0.4) is 0 Å². The highest BCUT2D eigenvalue weighted by atomic mass is 79.9. The second kappa shape index (κ2) is 8.08. The molecule has 1 aromatic rings. The second-order valence-corrected chi connectivity index (χ2v) is 6.91. The van der Waals surface area contributed by atoms with E-state index >= 15 is 0 Å². The zero-order chi connectivity index (χ0) is 15.2. The number of ether oxygens (including phenoxy) is 1. The summed E-state index contributed by atoms with van der Waals surface area (Å²) in [6.07, 6.45) is 5.42. The lowest BCUT2D eigenvalue weighted by molar-refractivity contribution is 0.110. The lowest BCUT2D eigenvalue weighted by Gasteiger charge is -2.15. The minimum atomic E-state index is 0.289. The number of rotatable bonds is 7. The van der Waals surface area contributed by atoms with E-state index in [9.17, 15) is 0 Å². The topological polar surface area (TPSA) is 47.0 Å². The molecule has 4 nitrogen and oxygen atoms in total. The van der Waals surface area contributed by atoms with Crippen molar-refractivity contribution in [3.63, 3.8) is 0 Å². The average Bonchev–Trinajstić information content (AvgIpc) is 2.93. The summed E-state index contributed by atoms with van der Waals surface area (Å²) in [5.41, 5.74) is 1.10. The van der Waals surface area contributed by atoms with Gasteiger partial charge in [-0.1, -0.05) is 20.8 Å². The van der Waals surface area contributed by atoms with Crippen LogP contribution in [0.4, 0.5) is 5.82 Å². The lowest BCUT2D eigenvalue weighted by Crippen LogP contribution is -2.15. The lowest BCUT2D eigenvalue weighted by atomic mass is 10.1. The van der Waals surface area contributed by atoms with Gasteiger partial charge in [-0.25, -0.2) is 9.97 Å². The smallest absolute Gasteiger partial charge is 0.144 e. The van der Waals surface area contributed by atoms with E-state index in [0.29, 0.717) is 5.92 Å². The first-order valence-electron chi connectivity index (χ1n) is 8.00. The van der Waals surface area contributed by atoms with Gasteiger partial charge in [0.25, 0.3) is 0 Å². The monoisotopic (exact) mass is 355 g/mol. The average molecular weight is 356 g/mol. The van der Waals surface area contributed by atoms with Gasteiger partial charge in [0, 0.05) is 19.6 Å². The van der Waals surface area contributed by atoms with Crippen LogP contribution in [0.25, 0.3) is 0 Å². The first kappa shape index (κ1) is 16.7. The first-order chi connectivity index (χ1) is 10.1. The van der Waals surface area contributed by atoms with Crippen LogP contribution in [-0.4, -0.2) is 29.2 Å². The molecule has 5 heteroatoms. The molecule has 0 radical (unpaired) electrons. The first-order valence-corrected chi connectivity index (χ1v) is 8.80. The summed E-state index contributed by atoms with van der Waals surface area (Å²) in [6, 6.07) is 0. The Morgan fingerprint density at radius 3 is 2.81 bits per heavy atom. The summed E-state index contributed by atoms with van der Waals surface area (Å²) in [6.45, 7) is 8.39. The molecule has 0 spiro atoms. The quantitative estimate of drug-likeness (QED) is 0.803. The van der Waals surface area contributed by atoms with Crippen LogP contribution in [0.2, 0.25) is 0 Å². The maximum absolute atomic E-state index is 5.72. The number of nitrogens with zero attached hydrogens (tertiary/aromatic N) is 2. The molecule has 1 aliphatic heterocycles. The van der Waals surface area contributed by atoms with Crippen LogP contribution in [0.5, 0.6) is 0 Å². The van der Waals surface area contributed by atoms with E-state index in [1.807, 2.05) is 0 Å². The Bertz CT molecular complexity index is 459. The molecular weight excluding hydrogens is 330 g/mol. The molecule has 118 valence electrons. The molecule has 1 aliphatic rings. The molecule has 0 aromatic carbocycles. The van der Waals surface area contributed by atoms with Crippen molar-refractivity contribution in [1.82, 2.24) is 9.97 Å². The van der Waals surface area contributed by atoms with E-state index in [-0.39, 0.29) is 6.10 Å². The van der Waals surface area contributed by atoms with Crippen molar-refractivity contribution in [2.45, 2.75) is 59.0 Å². The number of aromatic nitrogens is 2. The minimum absolute atomic E-state index is 0.289. The minimum Gasteiger partial charge on any atom is -0.378 e. The van der Waals surface area contributed by atoms with Gasteiger partial charge in [-0.2, -0.15) is 0 Å². The normalized spacial score (nSPS) is 18.4. The maximum atomic E-state index is 5.72. The number of hydrogen-bond donors (Lipinski definition) is 1. The standard InChI is InChI=1S/C16H26BrN3O/c1-4-7-18-16-15(17)13(9-11(2)3)19-14(20-16)10-12-6-5-8-21-12/h11-12H,4-10H2,1-3H3,(H,18,19,20). The zero-order valence-corrected chi connectivity index (χ0v) is 14.9. The van der Waals surface area contributed by atoms with Gasteiger partial charge in [-0.15, -0.1) is 0 Å². The third kappa shape index (κ3) is 4.92. The summed E-state index contributed by atoms with van der Waals surface area (Å²) < 4.78 is 6.73. The van der Waals surface area contributed by atoms with Gasteiger partial charge in [0.1, 0.15) is 11.6 Å². The number of anilines is 1. The van der Waals surface area contributed by atoms with Crippen molar-refractivity contribution in [2.24, 2.45) is 5.92 Å². The fourth-order valence-corrected chi connectivity index (χ4v) is 3.01.